The second-order valence-electron chi connectivity index (χ2n) is 1.30. The summed E-state index contributed by atoms with van der Waals surface area (Å²) in [5.41, 5.74) is 0. The molecule has 0 nitrogen and oxygen atoms in total. The van der Waals surface area contributed by atoms with Crippen LogP contribution in [0.15, 0.2) is 35.5 Å². The molecule has 42 valence electrons. The van der Waals surface area contributed by atoms with Crippen LogP contribution in [0.1, 0.15) is 0 Å². The molecule has 0 unspecified atom stereocenters. The van der Waals surface area contributed by atoms with Crippen LogP contribution in [-0.2, 0) is 0 Å². The van der Waals surface area contributed by atoms with Crippen LogP contribution in [-0.4, -0.2) is 7.85 Å². The molecule has 0 heterocycles. The highest BCUT2D eigenvalue weighted by Crippen LogP contribution is 2.10. The summed E-state index contributed by atoms with van der Waals surface area (Å²) in [7, 11) is 2.02. The monoisotopic (exact) mass is 124 g/mol. The van der Waals surface area contributed by atoms with Crippen molar-refractivity contribution < 1.29 is 0 Å². The maximum atomic E-state index is 3.57. The van der Waals surface area contributed by atoms with Gasteiger partial charge in [0.15, 0.2) is 0 Å². The first kappa shape index (κ1) is 7.63. The highest BCUT2D eigenvalue weighted by atomic mass is 32.2. The second-order valence-corrected chi connectivity index (χ2v) is 2.51. The largest absolute Gasteiger partial charge is 0.148 e. The fourth-order valence-electron chi connectivity index (χ4n) is 0.337. The van der Waals surface area contributed by atoms with E-state index >= 15 is 0 Å². The zero-order valence-electron chi connectivity index (χ0n) is 5.05. The van der Waals surface area contributed by atoms with Crippen molar-refractivity contribution in [2.45, 2.75) is 0 Å². The van der Waals surface area contributed by atoms with Crippen LogP contribution in [0.3, 0.4) is 0 Å². The Morgan fingerprint density at radius 1 is 1.50 bits per heavy atom. The van der Waals surface area contributed by atoms with Gasteiger partial charge in [0.25, 0.3) is 0 Å². The van der Waals surface area contributed by atoms with Gasteiger partial charge in [0.1, 0.15) is 7.85 Å². The van der Waals surface area contributed by atoms with Gasteiger partial charge in [0, 0.05) is 0 Å². The predicted octanol–water partition coefficient (Wildman–Crippen LogP) is 1.52. The molecule has 2 heteroatoms. The van der Waals surface area contributed by atoms with Crippen molar-refractivity contribution in [3.63, 3.8) is 0 Å². The molecule has 0 aromatic rings. The number of hydrogen-bond donors (Lipinski definition) is 0. The zero-order chi connectivity index (χ0) is 6.41. The van der Waals surface area contributed by atoms with Crippen LogP contribution in [0.25, 0.3) is 0 Å². The van der Waals surface area contributed by atoms with Gasteiger partial charge in [-0.1, -0.05) is 30.1 Å². The number of thioether (sulfide) groups is 1. The summed E-state index contributed by atoms with van der Waals surface area (Å²) < 4.78 is 0. The first-order chi connectivity index (χ1) is 3.81. The Labute approximate surface area is 55.8 Å². The molecule has 0 rings (SSSR count). The summed E-state index contributed by atoms with van der Waals surface area (Å²) in [5, 5.41) is 1.80. The van der Waals surface area contributed by atoms with Gasteiger partial charge >= 0.3 is 0 Å². The number of allylic oxidation sites excluding steroid dienone is 2. The minimum absolute atomic E-state index is 1.22. The molecule has 0 saturated carbocycles. The fraction of sp³-hybridized carbons (Fsp3) is 0. The van der Waals surface area contributed by atoms with E-state index < -0.39 is 0 Å². The molecule has 0 N–H and O–H groups in total. The molecule has 0 amide bonds. The zero-order valence-corrected chi connectivity index (χ0v) is 5.87. The third kappa shape index (κ3) is 3.81. The molecule has 0 aliphatic carbocycles. The second kappa shape index (κ2) is 4.79. The van der Waals surface area contributed by atoms with Crippen molar-refractivity contribution in [3.05, 3.63) is 35.5 Å². The minimum Gasteiger partial charge on any atom is -0.114 e. The lowest BCUT2D eigenvalue weighted by Gasteiger charge is -1.87. The van der Waals surface area contributed by atoms with Gasteiger partial charge in [-0.3, -0.25) is 0 Å². The van der Waals surface area contributed by atoms with Gasteiger partial charge in [0.05, 0.1) is 0 Å². The van der Waals surface area contributed by atoms with E-state index in [1.807, 2.05) is 13.9 Å². The molecular weight excluding hydrogens is 115 g/mol. The lowest BCUT2D eigenvalue weighted by Crippen LogP contribution is -1.66. The first-order valence-electron chi connectivity index (χ1n) is 2.38. The van der Waals surface area contributed by atoms with Crippen LogP contribution < -0.4 is 0 Å². The summed E-state index contributed by atoms with van der Waals surface area (Å²) in [6.07, 6.45) is 3.72. The molecular formula is C6H9BS. The maximum absolute atomic E-state index is 3.57. The summed E-state index contributed by atoms with van der Waals surface area (Å²) in [6, 6.07) is 0. The van der Waals surface area contributed by atoms with Crippen LogP contribution in [0.5, 0.6) is 0 Å². The van der Waals surface area contributed by atoms with Gasteiger partial charge in [-0.25, -0.2) is 0 Å². The van der Waals surface area contributed by atoms with E-state index in [2.05, 4.69) is 13.2 Å². The molecule has 8 heavy (non-hydrogen) atoms. The van der Waals surface area contributed by atoms with Crippen molar-refractivity contribution in [2.24, 2.45) is 0 Å². The van der Waals surface area contributed by atoms with Crippen LogP contribution in [0.2, 0.25) is 0 Å². The summed E-state index contributed by atoms with van der Waals surface area (Å²) >= 11 is 1.61. The van der Waals surface area contributed by atoms with Gasteiger partial charge in [-0.2, -0.15) is 0 Å². The SMILES string of the molecule is B/C(=C/C=C)SC=C. The maximum Gasteiger partial charge on any atom is 0.148 e. The van der Waals surface area contributed by atoms with E-state index in [0.717, 1.165) is 0 Å². The summed E-state index contributed by atoms with van der Waals surface area (Å²) in [5.74, 6) is 0. The van der Waals surface area contributed by atoms with E-state index in [4.69, 9.17) is 0 Å². The Morgan fingerprint density at radius 3 is 2.50 bits per heavy atom. The molecule has 0 aliphatic heterocycles. The van der Waals surface area contributed by atoms with Crippen LogP contribution >= 0.6 is 11.8 Å². The molecule has 0 spiro atoms. The molecule has 0 fully saturated rings. The van der Waals surface area contributed by atoms with E-state index in [1.54, 1.807) is 23.2 Å². The molecule has 0 aromatic heterocycles. The number of rotatable bonds is 3. The van der Waals surface area contributed by atoms with Gasteiger partial charge < -0.3 is 0 Å². The average molecular weight is 124 g/mol. The quantitative estimate of drug-likeness (QED) is 0.406. The van der Waals surface area contributed by atoms with Gasteiger partial charge in [-0.05, 0) is 5.41 Å². The van der Waals surface area contributed by atoms with Crippen molar-refractivity contribution in [3.8, 4) is 0 Å². The normalized spacial score (nSPS) is 10.8. The number of hydrogen-bond acceptors (Lipinski definition) is 1. The molecule has 0 aliphatic rings. The van der Waals surface area contributed by atoms with E-state index in [9.17, 15) is 0 Å². The lowest BCUT2D eigenvalue weighted by atomic mass is 10.1. The van der Waals surface area contributed by atoms with Crippen LogP contribution in [0.4, 0.5) is 0 Å². The topological polar surface area (TPSA) is 0 Å². The minimum atomic E-state index is 1.22. The highest BCUT2D eigenvalue weighted by Gasteiger charge is 1.78. The van der Waals surface area contributed by atoms with Crippen LogP contribution in [0, 0.1) is 0 Å². The van der Waals surface area contributed by atoms with Gasteiger partial charge in [0.2, 0.25) is 0 Å². The third-order valence-corrected chi connectivity index (χ3v) is 1.30. The Balaban J connectivity index is 3.60. The van der Waals surface area contributed by atoms with E-state index in [-0.39, 0.29) is 0 Å². The molecule has 0 radical (unpaired) electrons. The predicted molar refractivity (Wildman–Crippen MR) is 44.6 cm³/mol. The van der Waals surface area contributed by atoms with Crippen molar-refractivity contribution in [2.75, 3.05) is 0 Å². The Kier molecular flexibility index (Phi) is 4.57. The Morgan fingerprint density at radius 2 is 2.12 bits per heavy atom. The molecule has 0 saturated heterocycles. The van der Waals surface area contributed by atoms with Crippen molar-refractivity contribution in [1.29, 1.82) is 0 Å². The van der Waals surface area contributed by atoms with Gasteiger partial charge in [-0.15, -0.1) is 11.8 Å². The fourth-order valence-corrected chi connectivity index (χ4v) is 0.774. The smallest absolute Gasteiger partial charge is 0.114 e. The lowest BCUT2D eigenvalue weighted by molar-refractivity contribution is 2.07. The molecule has 0 aromatic carbocycles. The van der Waals surface area contributed by atoms with E-state index in [0.29, 0.717) is 0 Å². The molecule has 0 atom stereocenters. The first-order valence-corrected chi connectivity index (χ1v) is 3.26. The standard InChI is InChI=1S/C6H9BS/c1-3-5-6(7)8-4-2/h3-5H,1-2,7H2/b6-5-. The summed E-state index contributed by atoms with van der Waals surface area (Å²) in [4.78, 5) is 1.22. The molecule has 0 bridgehead atoms. The van der Waals surface area contributed by atoms with Crippen molar-refractivity contribution in [1.82, 2.24) is 0 Å². The highest BCUT2D eigenvalue weighted by molar-refractivity contribution is 8.07. The summed E-state index contributed by atoms with van der Waals surface area (Å²) in [6.45, 7) is 7.13. The van der Waals surface area contributed by atoms with Crippen molar-refractivity contribution >= 4 is 19.6 Å². The third-order valence-electron chi connectivity index (χ3n) is 0.622. The van der Waals surface area contributed by atoms with E-state index in [1.165, 1.54) is 4.80 Å². The average Bonchev–Trinajstić information content (AvgIpc) is 1.68. The Hall–Kier alpha value is -0.365. The Bertz CT molecular complexity index is 116.